The molecule has 0 amide bonds. The highest BCUT2D eigenvalue weighted by Gasteiger charge is 2.48. The largest absolute Gasteiger partial charge is 0.501 e. The second kappa shape index (κ2) is 6.83. The maximum atomic E-state index is 13.6. The third-order valence-corrected chi connectivity index (χ3v) is 6.16. The molecule has 1 aliphatic rings. The summed E-state index contributed by atoms with van der Waals surface area (Å²) < 4.78 is 78.5. The van der Waals surface area contributed by atoms with Crippen LogP contribution >= 0.6 is 0 Å². The Morgan fingerprint density at radius 1 is 0.966 bits per heavy atom. The fourth-order valence-electron chi connectivity index (χ4n) is 3.25. The molecule has 0 N–H and O–H groups in total. The number of hydrogen-bond donors (Lipinski definition) is 0. The van der Waals surface area contributed by atoms with E-state index in [0.29, 0.717) is 24.3 Å². The van der Waals surface area contributed by atoms with Crippen LogP contribution < -0.4 is 4.90 Å². The Hall–Kier alpha value is -2.95. The molecule has 0 unspecified atom stereocenters. The number of rotatable bonds is 3. The minimum Gasteiger partial charge on any atom is -0.361 e. The molecule has 1 aliphatic heterocycles. The van der Waals surface area contributed by atoms with Gasteiger partial charge < -0.3 is 9.47 Å². The Morgan fingerprint density at radius 2 is 1.69 bits per heavy atom. The van der Waals surface area contributed by atoms with E-state index in [1.54, 1.807) is 0 Å². The molecule has 0 bridgehead atoms. The van der Waals surface area contributed by atoms with Crippen LogP contribution in [0.5, 0.6) is 0 Å². The molecule has 0 saturated carbocycles. The molecule has 0 aliphatic carbocycles. The summed E-state index contributed by atoms with van der Waals surface area (Å²) in [5, 5.41) is 8.24. The minimum absolute atomic E-state index is 0.0336. The number of halogens is 4. The van der Waals surface area contributed by atoms with E-state index in [0.717, 1.165) is 17.7 Å². The molecule has 4 rings (SSSR count). The van der Waals surface area contributed by atoms with Gasteiger partial charge in [-0.2, -0.15) is 13.2 Å². The summed E-state index contributed by atoms with van der Waals surface area (Å²) >= 11 is 0. The first kappa shape index (κ1) is 19.4. The third-order valence-electron chi connectivity index (χ3n) is 4.64. The predicted molar refractivity (Wildman–Crippen MR) is 96.1 cm³/mol. The molecule has 11 heteroatoms. The van der Waals surface area contributed by atoms with E-state index in [1.807, 2.05) is 34.9 Å². The van der Waals surface area contributed by atoms with Crippen LogP contribution in [0, 0.1) is 5.82 Å². The van der Waals surface area contributed by atoms with Crippen molar-refractivity contribution >= 4 is 15.5 Å². The molecule has 0 saturated heterocycles. The van der Waals surface area contributed by atoms with Crippen LogP contribution in [0.4, 0.5) is 23.2 Å². The van der Waals surface area contributed by atoms with Crippen molar-refractivity contribution in [3.05, 3.63) is 60.2 Å². The van der Waals surface area contributed by atoms with Gasteiger partial charge in [-0.15, -0.1) is 10.2 Å². The Balaban J connectivity index is 1.72. The van der Waals surface area contributed by atoms with Gasteiger partial charge in [0.2, 0.25) is 0 Å². The predicted octanol–water partition coefficient (Wildman–Crippen LogP) is 3.40. The van der Waals surface area contributed by atoms with Gasteiger partial charge in [0.05, 0.1) is 12.2 Å². The van der Waals surface area contributed by atoms with Gasteiger partial charge in [0, 0.05) is 18.7 Å². The van der Waals surface area contributed by atoms with Gasteiger partial charge in [0.25, 0.3) is 9.84 Å². The zero-order valence-electron chi connectivity index (χ0n) is 14.8. The molecule has 0 atom stereocenters. The van der Waals surface area contributed by atoms with E-state index < -0.39 is 26.1 Å². The number of sulfone groups is 1. The van der Waals surface area contributed by atoms with Crippen LogP contribution in [0.15, 0.2) is 53.4 Å². The van der Waals surface area contributed by atoms with Crippen LogP contribution in [0.25, 0.3) is 11.4 Å². The minimum atomic E-state index is -5.72. The van der Waals surface area contributed by atoms with Crippen molar-refractivity contribution < 1.29 is 26.0 Å². The second-order valence-electron chi connectivity index (χ2n) is 6.44. The number of nitrogens with zero attached hydrogens (tertiary/aromatic N) is 4. The van der Waals surface area contributed by atoms with Crippen molar-refractivity contribution in [2.75, 3.05) is 11.4 Å². The van der Waals surface area contributed by atoms with Crippen molar-refractivity contribution in [2.24, 2.45) is 0 Å². The monoisotopic (exact) mass is 426 g/mol. The highest BCUT2D eigenvalue weighted by atomic mass is 32.2. The summed E-state index contributed by atoms with van der Waals surface area (Å²) in [6, 6.07) is 11.6. The first-order chi connectivity index (χ1) is 13.7. The fraction of sp³-hybridized carbons (Fsp3) is 0.222. The molecule has 6 nitrogen and oxygen atoms in total. The lowest BCUT2D eigenvalue weighted by atomic mass is 10.2. The lowest BCUT2D eigenvalue weighted by Crippen LogP contribution is -2.36. The Kier molecular flexibility index (Phi) is 4.56. The molecule has 29 heavy (non-hydrogen) atoms. The van der Waals surface area contributed by atoms with Gasteiger partial charge in [-0.05, 0) is 18.2 Å². The molecule has 3 aromatic rings. The molecule has 0 radical (unpaired) electrons. The molecular weight excluding hydrogens is 412 g/mol. The number of anilines is 1. The Labute approximate surface area is 163 Å². The van der Waals surface area contributed by atoms with Gasteiger partial charge in [0.1, 0.15) is 10.7 Å². The van der Waals surface area contributed by atoms with Crippen molar-refractivity contribution in [3.63, 3.8) is 0 Å². The average Bonchev–Trinajstić information content (AvgIpc) is 3.11. The summed E-state index contributed by atoms with van der Waals surface area (Å²) in [6.07, 6.45) is 0. The van der Waals surface area contributed by atoms with Crippen molar-refractivity contribution in [2.45, 2.75) is 23.5 Å². The van der Waals surface area contributed by atoms with E-state index >= 15 is 0 Å². The van der Waals surface area contributed by atoms with Crippen LogP contribution in [-0.2, 0) is 22.9 Å². The van der Waals surface area contributed by atoms with Crippen LogP contribution in [0.2, 0.25) is 0 Å². The smallest absolute Gasteiger partial charge is 0.361 e. The standard InChI is InChI=1S/C18H14F4N4O2S/c19-13-6-7-14(15(10-13)29(27,28)18(20,21)22)25-8-9-26-16(11-25)23-24-17(26)12-4-2-1-3-5-12/h1-7,10H,8-9,11H2. The summed E-state index contributed by atoms with van der Waals surface area (Å²) in [6.45, 7) is 0.568. The zero-order valence-corrected chi connectivity index (χ0v) is 15.6. The van der Waals surface area contributed by atoms with Crippen LogP contribution in [0.3, 0.4) is 0 Å². The van der Waals surface area contributed by atoms with E-state index in [2.05, 4.69) is 10.2 Å². The maximum absolute atomic E-state index is 13.6. The van der Waals surface area contributed by atoms with E-state index in [4.69, 9.17) is 0 Å². The van der Waals surface area contributed by atoms with E-state index in [-0.39, 0.29) is 18.8 Å². The summed E-state index contributed by atoms with van der Waals surface area (Å²) in [4.78, 5) is 0.317. The van der Waals surface area contributed by atoms with Crippen molar-refractivity contribution in [3.8, 4) is 11.4 Å². The van der Waals surface area contributed by atoms with Crippen molar-refractivity contribution in [1.29, 1.82) is 0 Å². The highest BCUT2D eigenvalue weighted by molar-refractivity contribution is 7.92. The highest BCUT2D eigenvalue weighted by Crippen LogP contribution is 2.37. The topological polar surface area (TPSA) is 68.1 Å². The first-order valence-electron chi connectivity index (χ1n) is 8.52. The number of alkyl halides is 3. The number of hydrogen-bond acceptors (Lipinski definition) is 5. The average molecular weight is 426 g/mol. The van der Waals surface area contributed by atoms with Crippen molar-refractivity contribution in [1.82, 2.24) is 14.8 Å². The normalized spacial score (nSPS) is 14.7. The number of fused-ring (bicyclic) bond motifs is 1. The third kappa shape index (κ3) is 3.35. The van der Waals surface area contributed by atoms with Crippen LogP contribution in [-0.4, -0.2) is 35.2 Å². The lowest BCUT2D eigenvalue weighted by molar-refractivity contribution is -0.0435. The zero-order chi connectivity index (χ0) is 20.8. The quantitative estimate of drug-likeness (QED) is 0.601. The molecular formula is C18H14F4N4O2S. The first-order valence-corrected chi connectivity index (χ1v) is 10.00. The maximum Gasteiger partial charge on any atom is 0.501 e. The van der Waals surface area contributed by atoms with Gasteiger partial charge >= 0.3 is 5.51 Å². The summed E-state index contributed by atoms with van der Waals surface area (Å²) in [7, 11) is -5.72. The van der Waals surface area contributed by atoms with Gasteiger partial charge in [0.15, 0.2) is 11.6 Å². The van der Waals surface area contributed by atoms with Gasteiger partial charge in [-0.1, -0.05) is 30.3 Å². The van der Waals surface area contributed by atoms with Crippen LogP contribution in [0.1, 0.15) is 5.82 Å². The Bertz CT molecular complexity index is 1160. The molecule has 0 fully saturated rings. The van der Waals surface area contributed by atoms with E-state index in [1.165, 1.54) is 4.90 Å². The molecule has 0 spiro atoms. The molecule has 2 heterocycles. The second-order valence-corrected chi connectivity index (χ2v) is 8.35. The van der Waals surface area contributed by atoms with Gasteiger partial charge in [-0.3, -0.25) is 0 Å². The lowest BCUT2D eigenvalue weighted by Gasteiger charge is -2.31. The summed E-state index contributed by atoms with van der Waals surface area (Å²) in [5.74, 6) is 0.0143. The SMILES string of the molecule is O=S(=O)(c1cc(F)ccc1N1CCn2c(nnc2-c2ccccc2)C1)C(F)(F)F. The fourth-order valence-corrected chi connectivity index (χ4v) is 4.24. The van der Waals surface area contributed by atoms with Gasteiger partial charge in [-0.25, -0.2) is 12.8 Å². The van der Waals surface area contributed by atoms with E-state index in [9.17, 15) is 26.0 Å². The molecule has 2 aromatic carbocycles. The molecule has 152 valence electrons. The Morgan fingerprint density at radius 3 is 2.38 bits per heavy atom. The molecule has 1 aromatic heterocycles. The number of benzene rings is 2. The summed E-state index contributed by atoms with van der Waals surface area (Å²) in [5.41, 5.74) is -4.92. The number of aromatic nitrogens is 3.